The van der Waals surface area contributed by atoms with Crippen molar-refractivity contribution in [1.82, 2.24) is 29.9 Å². The van der Waals surface area contributed by atoms with E-state index in [1.165, 1.54) is 5.56 Å². The fourth-order valence-electron chi connectivity index (χ4n) is 4.26. The van der Waals surface area contributed by atoms with Crippen LogP contribution in [0.3, 0.4) is 0 Å². The highest BCUT2D eigenvalue weighted by molar-refractivity contribution is 6.07. The summed E-state index contributed by atoms with van der Waals surface area (Å²) in [6.45, 7) is 9.93. The molecule has 1 N–H and O–H groups in total. The smallest absolute Gasteiger partial charge is 0.252 e. The Labute approximate surface area is 182 Å². The standard InChI is InChI=1S/C24H28N6O/c1-13-8-10-18(11-9-13)20-12-19(22-16(4)28-30(7)23(22)26-20)24(31)25-14(2)21-15(3)27-29(6)17(21)5/h8-12,14H,1-7H3,(H,25,31)/t14-/m0/s1. The van der Waals surface area contributed by atoms with Crippen LogP contribution in [-0.4, -0.2) is 30.5 Å². The predicted octanol–water partition coefficient (Wildman–Crippen LogP) is 4.09. The minimum atomic E-state index is -0.177. The van der Waals surface area contributed by atoms with Gasteiger partial charge in [0.2, 0.25) is 0 Å². The van der Waals surface area contributed by atoms with Gasteiger partial charge >= 0.3 is 0 Å². The zero-order chi connectivity index (χ0) is 22.4. The highest BCUT2D eigenvalue weighted by atomic mass is 16.1. The number of hydrogen-bond donors (Lipinski definition) is 1. The fourth-order valence-corrected chi connectivity index (χ4v) is 4.26. The van der Waals surface area contributed by atoms with Gasteiger partial charge < -0.3 is 5.32 Å². The van der Waals surface area contributed by atoms with Crippen LogP contribution < -0.4 is 5.32 Å². The van der Waals surface area contributed by atoms with Gasteiger partial charge in [0.1, 0.15) is 0 Å². The predicted molar refractivity (Wildman–Crippen MR) is 122 cm³/mol. The van der Waals surface area contributed by atoms with Crippen LogP contribution in [-0.2, 0) is 14.1 Å². The first-order valence-corrected chi connectivity index (χ1v) is 10.4. The molecule has 0 aliphatic carbocycles. The Kier molecular flexibility index (Phi) is 5.13. The van der Waals surface area contributed by atoms with Crippen LogP contribution in [0.15, 0.2) is 30.3 Å². The molecule has 0 bridgehead atoms. The third-order valence-corrected chi connectivity index (χ3v) is 5.91. The normalized spacial score (nSPS) is 12.4. The van der Waals surface area contributed by atoms with Crippen molar-refractivity contribution in [3.8, 4) is 11.3 Å². The Morgan fingerprint density at radius 3 is 2.23 bits per heavy atom. The molecule has 7 heteroatoms. The molecule has 0 spiro atoms. The number of aryl methyl sites for hydroxylation is 5. The highest BCUT2D eigenvalue weighted by Gasteiger charge is 2.23. The van der Waals surface area contributed by atoms with Crippen molar-refractivity contribution >= 4 is 16.9 Å². The molecule has 0 fully saturated rings. The molecule has 7 nitrogen and oxygen atoms in total. The van der Waals surface area contributed by atoms with Crippen molar-refractivity contribution < 1.29 is 4.79 Å². The largest absolute Gasteiger partial charge is 0.345 e. The van der Waals surface area contributed by atoms with E-state index in [-0.39, 0.29) is 11.9 Å². The number of amides is 1. The van der Waals surface area contributed by atoms with Gasteiger partial charge in [0, 0.05) is 30.9 Å². The third-order valence-electron chi connectivity index (χ3n) is 5.91. The number of pyridine rings is 1. The molecule has 4 aromatic rings. The number of rotatable bonds is 4. The lowest BCUT2D eigenvalue weighted by molar-refractivity contribution is 0.0941. The lowest BCUT2D eigenvalue weighted by Gasteiger charge is -2.16. The molecule has 1 amide bonds. The molecule has 1 atom stereocenters. The molecular formula is C24H28N6O. The van der Waals surface area contributed by atoms with Gasteiger partial charge in [-0.15, -0.1) is 0 Å². The number of fused-ring (bicyclic) bond motifs is 1. The second kappa shape index (κ2) is 7.65. The molecule has 3 aromatic heterocycles. The monoisotopic (exact) mass is 416 g/mol. The maximum atomic E-state index is 13.5. The summed E-state index contributed by atoms with van der Waals surface area (Å²) in [5.74, 6) is -0.146. The number of aromatic nitrogens is 5. The molecule has 31 heavy (non-hydrogen) atoms. The number of carbonyl (C=O) groups excluding carboxylic acids is 1. The SMILES string of the molecule is Cc1ccc(-c2cc(C(=O)N[C@@H](C)c3c(C)nn(C)c3C)c3c(C)nn(C)c3n2)cc1. The van der Waals surface area contributed by atoms with Crippen LogP contribution in [0.25, 0.3) is 22.3 Å². The summed E-state index contributed by atoms with van der Waals surface area (Å²) in [6, 6.07) is 9.84. The van der Waals surface area contributed by atoms with Crippen molar-refractivity contribution in [1.29, 1.82) is 0 Å². The number of benzene rings is 1. The Morgan fingerprint density at radius 1 is 0.968 bits per heavy atom. The molecule has 0 aliphatic rings. The summed E-state index contributed by atoms with van der Waals surface area (Å²) in [6.07, 6.45) is 0. The van der Waals surface area contributed by atoms with Gasteiger partial charge in [0.25, 0.3) is 5.91 Å². The van der Waals surface area contributed by atoms with Gasteiger partial charge in [-0.3, -0.25) is 14.2 Å². The number of nitrogens with one attached hydrogen (secondary N) is 1. The maximum Gasteiger partial charge on any atom is 0.252 e. The summed E-state index contributed by atoms with van der Waals surface area (Å²) >= 11 is 0. The number of carbonyl (C=O) groups is 1. The Balaban J connectivity index is 1.80. The zero-order valence-corrected chi connectivity index (χ0v) is 19.1. The Morgan fingerprint density at radius 2 is 1.61 bits per heavy atom. The molecule has 0 saturated heterocycles. The molecule has 3 heterocycles. The van der Waals surface area contributed by atoms with E-state index in [1.54, 1.807) is 4.68 Å². The molecule has 4 rings (SSSR count). The van der Waals surface area contributed by atoms with Gasteiger partial charge in [-0.1, -0.05) is 29.8 Å². The minimum absolute atomic E-state index is 0.146. The lowest BCUT2D eigenvalue weighted by atomic mass is 10.0. The summed E-state index contributed by atoms with van der Waals surface area (Å²) in [7, 11) is 3.77. The summed E-state index contributed by atoms with van der Waals surface area (Å²) < 4.78 is 3.58. The average Bonchev–Trinajstić information content (AvgIpc) is 3.15. The van der Waals surface area contributed by atoms with E-state index < -0.39 is 0 Å². The molecule has 0 aliphatic heterocycles. The van der Waals surface area contributed by atoms with Gasteiger partial charge in [-0.25, -0.2) is 4.98 Å². The van der Waals surface area contributed by atoms with Crippen LogP contribution in [0.5, 0.6) is 0 Å². The zero-order valence-electron chi connectivity index (χ0n) is 19.1. The topological polar surface area (TPSA) is 77.6 Å². The summed E-state index contributed by atoms with van der Waals surface area (Å²) in [5, 5.41) is 12.9. The highest BCUT2D eigenvalue weighted by Crippen LogP contribution is 2.28. The van der Waals surface area contributed by atoms with Crippen molar-refractivity contribution in [2.24, 2.45) is 14.1 Å². The van der Waals surface area contributed by atoms with Gasteiger partial charge in [0.15, 0.2) is 5.65 Å². The molecule has 0 saturated carbocycles. The van der Waals surface area contributed by atoms with Crippen molar-refractivity contribution in [3.63, 3.8) is 0 Å². The molecular weight excluding hydrogens is 388 g/mol. The maximum absolute atomic E-state index is 13.5. The van der Waals surface area contributed by atoms with E-state index in [0.717, 1.165) is 39.3 Å². The third kappa shape index (κ3) is 3.60. The lowest BCUT2D eigenvalue weighted by Crippen LogP contribution is -2.27. The van der Waals surface area contributed by atoms with E-state index in [1.807, 2.05) is 83.7 Å². The first-order valence-electron chi connectivity index (χ1n) is 10.4. The molecule has 160 valence electrons. The first kappa shape index (κ1) is 20.8. The number of hydrogen-bond acceptors (Lipinski definition) is 4. The fraction of sp³-hybridized carbons (Fsp3) is 0.333. The molecule has 0 unspecified atom stereocenters. The van der Waals surface area contributed by atoms with Crippen LogP contribution in [0.1, 0.15) is 51.5 Å². The van der Waals surface area contributed by atoms with Crippen molar-refractivity contribution in [2.45, 2.75) is 40.7 Å². The quantitative estimate of drug-likeness (QED) is 0.543. The van der Waals surface area contributed by atoms with Gasteiger partial charge in [-0.2, -0.15) is 10.2 Å². The van der Waals surface area contributed by atoms with E-state index in [0.29, 0.717) is 11.2 Å². The van der Waals surface area contributed by atoms with Crippen LogP contribution >= 0.6 is 0 Å². The van der Waals surface area contributed by atoms with Crippen molar-refractivity contribution in [3.05, 3.63) is 64.1 Å². The van der Waals surface area contributed by atoms with E-state index in [9.17, 15) is 4.79 Å². The summed E-state index contributed by atoms with van der Waals surface area (Å²) in [5.41, 5.74) is 7.97. The van der Waals surface area contributed by atoms with Crippen molar-refractivity contribution in [2.75, 3.05) is 0 Å². The van der Waals surface area contributed by atoms with Gasteiger partial charge in [0.05, 0.1) is 34.1 Å². The van der Waals surface area contributed by atoms with E-state index >= 15 is 0 Å². The summed E-state index contributed by atoms with van der Waals surface area (Å²) in [4.78, 5) is 18.3. The van der Waals surface area contributed by atoms with E-state index in [4.69, 9.17) is 4.98 Å². The Hall–Kier alpha value is -3.48. The van der Waals surface area contributed by atoms with Crippen LogP contribution in [0.4, 0.5) is 0 Å². The minimum Gasteiger partial charge on any atom is -0.345 e. The van der Waals surface area contributed by atoms with E-state index in [2.05, 4.69) is 15.5 Å². The average molecular weight is 417 g/mol. The van der Waals surface area contributed by atoms with Gasteiger partial charge in [-0.05, 0) is 40.7 Å². The second-order valence-electron chi connectivity index (χ2n) is 8.23. The molecule has 1 aromatic carbocycles. The first-order chi connectivity index (χ1) is 14.7. The van der Waals surface area contributed by atoms with Crippen LogP contribution in [0.2, 0.25) is 0 Å². The molecule has 0 radical (unpaired) electrons. The number of nitrogens with zero attached hydrogens (tertiary/aromatic N) is 5. The second-order valence-corrected chi connectivity index (χ2v) is 8.23. The Bertz CT molecular complexity index is 1300. The van der Waals surface area contributed by atoms with Crippen LogP contribution in [0, 0.1) is 27.7 Å².